The number of fused-ring (bicyclic) bond motifs is 2. The second-order valence-electron chi connectivity index (χ2n) is 8.14. The molecule has 0 saturated heterocycles. The van der Waals surface area contributed by atoms with Gasteiger partial charge in [0.15, 0.2) is 0 Å². The van der Waals surface area contributed by atoms with Crippen LogP contribution in [0.25, 0.3) is 21.5 Å². The van der Waals surface area contributed by atoms with E-state index in [1.807, 2.05) is 109 Å². The molecule has 6 aromatic rings. The zero-order chi connectivity index (χ0) is 24.4. The predicted octanol–water partition coefficient (Wildman–Crippen LogP) is 8.78. The number of benzene rings is 6. The smallest absolute Gasteiger partial charge is 0.304 e. The average molecular weight is 656 g/mol. The summed E-state index contributed by atoms with van der Waals surface area (Å²) >= 11 is 0. The summed E-state index contributed by atoms with van der Waals surface area (Å²) in [6, 6.07) is 50.9. The van der Waals surface area contributed by atoms with E-state index in [4.69, 9.17) is 0 Å². The zero-order valence-corrected chi connectivity index (χ0v) is 22.3. The quantitative estimate of drug-likeness (QED) is 0.134. The van der Waals surface area contributed by atoms with E-state index in [-0.39, 0.29) is 21.1 Å². The van der Waals surface area contributed by atoms with E-state index in [0.29, 0.717) is 0 Å². The number of aliphatic imine (C=N–C) groups is 2. The summed E-state index contributed by atoms with van der Waals surface area (Å²) in [5.41, 5.74) is 3.96. The number of nitrogens with zero attached hydrogens (tertiary/aromatic N) is 2. The Labute approximate surface area is 232 Å². The number of para-hydroxylation sites is 2. The Balaban J connectivity index is 0.000000168. The Morgan fingerprint density at radius 3 is 1.24 bits per heavy atom. The minimum absolute atomic E-state index is 0. The van der Waals surface area contributed by atoms with Crippen LogP contribution in [0.4, 0.5) is 11.4 Å². The van der Waals surface area contributed by atoms with Crippen LogP contribution in [0.5, 0.6) is 0 Å². The van der Waals surface area contributed by atoms with Crippen LogP contribution in [0.2, 0.25) is 0 Å². The summed E-state index contributed by atoms with van der Waals surface area (Å²) in [7, 11) is 0. The maximum Gasteiger partial charge on any atom is 2.00 e. The van der Waals surface area contributed by atoms with E-state index in [1.165, 1.54) is 21.5 Å². The number of hydrogen-bond acceptors (Lipinski definition) is 2. The second-order valence-corrected chi connectivity index (χ2v) is 8.14. The molecule has 0 heterocycles. The summed E-state index contributed by atoms with van der Waals surface area (Å²) in [5, 5.41) is 4.79. The van der Waals surface area contributed by atoms with Crippen LogP contribution in [0.3, 0.4) is 0 Å². The average Bonchev–Trinajstić information content (AvgIpc) is 2.96. The monoisotopic (exact) mass is 655 g/mol. The molecule has 0 bridgehead atoms. The van der Waals surface area contributed by atoms with Crippen LogP contribution in [0.1, 0.15) is 11.1 Å². The van der Waals surface area contributed by atoms with Crippen molar-refractivity contribution in [2.45, 2.75) is 0 Å². The van der Waals surface area contributed by atoms with Crippen LogP contribution in [0.15, 0.2) is 143 Å². The Morgan fingerprint density at radius 2 is 0.811 bits per heavy atom. The summed E-state index contributed by atoms with van der Waals surface area (Å²) in [6.07, 6.45) is 3.75. The van der Waals surface area contributed by atoms with Crippen molar-refractivity contribution in [3.05, 3.63) is 157 Å². The SMILES string of the molecule is [Pt+2].[c-]1ccc2ccccc2c1C=Nc1ccccc1.[c-]1ccc2ccccc2c1C=Nc1ccccc1. The summed E-state index contributed by atoms with van der Waals surface area (Å²) in [6.45, 7) is 0. The van der Waals surface area contributed by atoms with Crippen molar-refractivity contribution in [1.82, 2.24) is 0 Å². The molecule has 0 atom stereocenters. The van der Waals surface area contributed by atoms with Crippen LogP contribution in [-0.4, -0.2) is 12.4 Å². The fraction of sp³-hybridized carbons (Fsp3) is 0. The molecular formula is C34H24N2Pt. The minimum atomic E-state index is 0. The van der Waals surface area contributed by atoms with E-state index < -0.39 is 0 Å². The molecule has 0 unspecified atom stereocenters. The first-order chi connectivity index (χ1) is 17.9. The molecule has 6 aromatic carbocycles. The van der Waals surface area contributed by atoms with Crippen molar-refractivity contribution in [2.75, 3.05) is 0 Å². The minimum Gasteiger partial charge on any atom is -0.304 e. The summed E-state index contributed by atoms with van der Waals surface area (Å²) in [5.74, 6) is 0. The predicted molar refractivity (Wildman–Crippen MR) is 153 cm³/mol. The molecule has 0 saturated carbocycles. The van der Waals surface area contributed by atoms with Gasteiger partial charge in [0.1, 0.15) is 0 Å². The standard InChI is InChI=1S/2C17H12N.Pt/c2*1-2-10-16(11-3-1)18-13-15-9-6-8-14-7-4-5-12-17(14)15;/h2*1-8,10-13H;/q2*-1;+2. The van der Waals surface area contributed by atoms with Crippen molar-refractivity contribution in [3.8, 4) is 0 Å². The van der Waals surface area contributed by atoms with Gasteiger partial charge in [-0.25, -0.2) is 0 Å². The normalized spacial score (nSPS) is 10.8. The molecule has 0 radical (unpaired) electrons. The van der Waals surface area contributed by atoms with E-state index in [0.717, 1.165) is 22.5 Å². The molecule has 6 rings (SSSR count). The Morgan fingerprint density at radius 1 is 0.432 bits per heavy atom. The Hall–Kier alpha value is -4.13. The third kappa shape index (κ3) is 6.97. The van der Waals surface area contributed by atoms with Crippen molar-refractivity contribution in [3.63, 3.8) is 0 Å². The topological polar surface area (TPSA) is 24.7 Å². The number of rotatable bonds is 4. The van der Waals surface area contributed by atoms with Crippen LogP contribution < -0.4 is 0 Å². The summed E-state index contributed by atoms with van der Waals surface area (Å²) < 4.78 is 0. The zero-order valence-electron chi connectivity index (χ0n) is 20.1. The van der Waals surface area contributed by atoms with Crippen molar-refractivity contribution < 1.29 is 21.1 Å². The van der Waals surface area contributed by atoms with Gasteiger partial charge in [0.25, 0.3) is 0 Å². The van der Waals surface area contributed by atoms with E-state index in [2.05, 4.69) is 58.5 Å². The largest absolute Gasteiger partial charge is 2.00 e. The molecule has 37 heavy (non-hydrogen) atoms. The van der Waals surface area contributed by atoms with Crippen molar-refractivity contribution >= 4 is 45.3 Å². The Bertz CT molecular complexity index is 1490. The van der Waals surface area contributed by atoms with E-state index >= 15 is 0 Å². The molecule has 0 amide bonds. The maximum absolute atomic E-state index is 4.47. The summed E-state index contributed by atoms with van der Waals surface area (Å²) in [4.78, 5) is 8.94. The second kappa shape index (κ2) is 13.3. The van der Waals surface area contributed by atoms with Crippen LogP contribution in [-0.2, 0) is 21.1 Å². The molecule has 3 heteroatoms. The molecule has 2 nitrogen and oxygen atoms in total. The van der Waals surface area contributed by atoms with Crippen molar-refractivity contribution in [1.29, 1.82) is 0 Å². The van der Waals surface area contributed by atoms with Gasteiger partial charge >= 0.3 is 21.1 Å². The molecule has 0 aromatic heterocycles. The first-order valence-corrected chi connectivity index (χ1v) is 11.8. The van der Waals surface area contributed by atoms with Gasteiger partial charge in [-0.3, -0.25) is 0 Å². The van der Waals surface area contributed by atoms with Gasteiger partial charge in [0.05, 0.1) is 11.4 Å². The van der Waals surface area contributed by atoms with Gasteiger partial charge in [-0.1, -0.05) is 84.9 Å². The first-order valence-electron chi connectivity index (χ1n) is 11.8. The van der Waals surface area contributed by atoms with Gasteiger partial charge in [-0.15, -0.1) is 69.1 Å². The van der Waals surface area contributed by atoms with E-state index in [9.17, 15) is 0 Å². The van der Waals surface area contributed by atoms with Gasteiger partial charge in [-0.05, 0) is 36.7 Å². The molecule has 0 N–H and O–H groups in total. The Kier molecular flexibility index (Phi) is 9.29. The number of hydrogen-bond donors (Lipinski definition) is 0. The maximum atomic E-state index is 4.47. The molecule has 0 spiro atoms. The third-order valence-corrected chi connectivity index (χ3v) is 5.70. The third-order valence-electron chi connectivity index (χ3n) is 5.70. The molecule has 180 valence electrons. The van der Waals surface area contributed by atoms with Crippen LogP contribution in [0, 0.1) is 12.1 Å². The van der Waals surface area contributed by atoms with Gasteiger partial charge in [0, 0.05) is 0 Å². The fourth-order valence-electron chi connectivity index (χ4n) is 3.89. The fourth-order valence-corrected chi connectivity index (χ4v) is 3.89. The molecule has 0 aliphatic heterocycles. The van der Waals surface area contributed by atoms with Crippen LogP contribution >= 0.6 is 0 Å². The first kappa shape index (κ1) is 25.9. The van der Waals surface area contributed by atoms with E-state index in [1.54, 1.807) is 0 Å². The molecular weight excluding hydrogens is 631 g/mol. The van der Waals surface area contributed by atoms with Gasteiger partial charge < -0.3 is 9.98 Å². The van der Waals surface area contributed by atoms with Gasteiger partial charge in [-0.2, -0.15) is 0 Å². The van der Waals surface area contributed by atoms with Crippen molar-refractivity contribution in [2.24, 2.45) is 9.98 Å². The molecule has 0 aliphatic rings. The van der Waals surface area contributed by atoms with Gasteiger partial charge in [0.2, 0.25) is 0 Å². The molecule has 0 fully saturated rings. The molecule has 0 aliphatic carbocycles.